The van der Waals surface area contributed by atoms with Crippen LogP contribution in [-0.4, -0.2) is 31.9 Å². The van der Waals surface area contributed by atoms with Crippen LogP contribution in [0.15, 0.2) is 0 Å². The van der Waals surface area contributed by atoms with E-state index in [0.29, 0.717) is 24.8 Å². The average molecular weight is 292 g/mol. The Morgan fingerprint density at radius 1 is 1.10 bits per heavy atom. The summed E-state index contributed by atoms with van der Waals surface area (Å²) >= 11 is 0. The summed E-state index contributed by atoms with van der Waals surface area (Å²) in [6.45, 7) is 0. The number of carbonyl (C=O) groups is 2. The van der Waals surface area contributed by atoms with Crippen LogP contribution in [0.25, 0.3) is 0 Å². The Bertz CT molecular complexity index is 572. The highest BCUT2D eigenvalue weighted by Crippen LogP contribution is 2.34. The van der Waals surface area contributed by atoms with Gasteiger partial charge in [0.25, 0.3) is 0 Å². The smallest absolute Gasteiger partial charge is 0.356 e. The number of aromatic nitrogens is 2. The fourth-order valence-electron chi connectivity index (χ4n) is 3.65. The summed E-state index contributed by atoms with van der Waals surface area (Å²) in [7, 11) is 0. The summed E-state index contributed by atoms with van der Waals surface area (Å²) in [6.07, 6.45) is 7.08. The van der Waals surface area contributed by atoms with Gasteiger partial charge < -0.3 is 10.2 Å². The second-order valence-corrected chi connectivity index (χ2v) is 6.09. The maximum atomic E-state index is 11.4. The van der Waals surface area contributed by atoms with E-state index in [0.717, 1.165) is 31.4 Å². The molecule has 0 aromatic carbocycles. The maximum Gasteiger partial charge on any atom is 0.356 e. The van der Waals surface area contributed by atoms with Crippen LogP contribution in [-0.2, 0) is 17.6 Å². The Balaban J connectivity index is 1.98. The fraction of sp³-hybridized carbons (Fsp3) is 0.667. The first kappa shape index (κ1) is 14.1. The van der Waals surface area contributed by atoms with Crippen LogP contribution >= 0.6 is 0 Å². The number of nitrogens with zero attached hydrogens (tertiary/aromatic N) is 2. The van der Waals surface area contributed by atoms with Crippen LogP contribution in [0.4, 0.5) is 0 Å². The summed E-state index contributed by atoms with van der Waals surface area (Å²) in [5.74, 6) is -2.38. The van der Waals surface area contributed by atoms with Crippen molar-refractivity contribution in [3.63, 3.8) is 0 Å². The van der Waals surface area contributed by atoms with Gasteiger partial charge in [-0.05, 0) is 32.1 Å². The van der Waals surface area contributed by atoms with Gasteiger partial charge in [0.05, 0.1) is 12.0 Å². The number of aliphatic carboxylic acids is 1. The van der Waals surface area contributed by atoms with Gasteiger partial charge >= 0.3 is 11.9 Å². The molecule has 2 aliphatic carbocycles. The number of hydrogen-bond acceptors (Lipinski definition) is 3. The van der Waals surface area contributed by atoms with Crippen LogP contribution in [0.5, 0.6) is 0 Å². The van der Waals surface area contributed by atoms with Gasteiger partial charge in [-0.1, -0.05) is 19.3 Å². The zero-order valence-corrected chi connectivity index (χ0v) is 11.9. The van der Waals surface area contributed by atoms with Crippen molar-refractivity contribution in [2.45, 2.75) is 57.4 Å². The molecule has 114 valence electrons. The Hall–Kier alpha value is -1.85. The predicted octanol–water partition coefficient (Wildman–Crippen LogP) is 2.28. The van der Waals surface area contributed by atoms with Crippen molar-refractivity contribution >= 4 is 11.9 Å². The molecule has 1 fully saturated rings. The Morgan fingerprint density at radius 3 is 2.43 bits per heavy atom. The van der Waals surface area contributed by atoms with Gasteiger partial charge in [-0.3, -0.25) is 9.48 Å². The van der Waals surface area contributed by atoms with Crippen molar-refractivity contribution in [1.29, 1.82) is 0 Å². The lowest BCUT2D eigenvalue weighted by Crippen LogP contribution is -2.25. The van der Waals surface area contributed by atoms with Crippen LogP contribution in [0, 0.1) is 5.92 Å². The molecule has 1 heterocycles. The standard InChI is InChI=1S/C15H20N2O4/c18-14(19)9-6-7-12-11(8-9)13(15(20)21)16-17(12)10-4-2-1-3-5-10/h9-10H,1-8H2,(H,18,19)(H,20,21). The summed E-state index contributed by atoms with van der Waals surface area (Å²) in [5, 5.41) is 22.9. The molecule has 0 radical (unpaired) electrons. The minimum atomic E-state index is -1.05. The van der Waals surface area contributed by atoms with E-state index in [1.54, 1.807) is 0 Å². The third-order valence-electron chi connectivity index (χ3n) is 4.77. The molecule has 0 spiro atoms. The largest absolute Gasteiger partial charge is 0.481 e. The highest BCUT2D eigenvalue weighted by Gasteiger charge is 2.33. The SMILES string of the molecule is O=C(O)c1nn(C2CCCCC2)c2c1CC(C(=O)O)CC2. The molecule has 1 atom stereocenters. The number of fused-ring (bicyclic) bond motifs is 1. The molecule has 2 N–H and O–H groups in total. The molecule has 0 aliphatic heterocycles. The third-order valence-corrected chi connectivity index (χ3v) is 4.77. The zero-order chi connectivity index (χ0) is 15.0. The summed E-state index contributed by atoms with van der Waals surface area (Å²) in [6, 6.07) is 0.280. The molecule has 6 nitrogen and oxygen atoms in total. The van der Waals surface area contributed by atoms with E-state index in [9.17, 15) is 19.8 Å². The summed E-state index contributed by atoms with van der Waals surface area (Å²) < 4.78 is 1.90. The van der Waals surface area contributed by atoms with Crippen LogP contribution < -0.4 is 0 Å². The van der Waals surface area contributed by atoms with E-state index in [4.69, 9.17) is 0 Å². The Labute approximate surface area is 122 Å². The first-order chi connectivity index (χ1) is 10.1. The van der Waals surface area contributed by atoms with E-state index in [1.807, 2.05) is 4.68 Å². The molecular weight excluding hydrogens is 272 g/mol. The zero-order valence-electron chi connectivity index (χ0n) is 11.9. The minimum Gasteiger partial charge on any atom is -0.481 e. The number of rotatable bonds is 3. The first-order valence-corrected chi connectivity index (χ1v) is 7.64. The van der Waals surface area contributed by atoms with E-state index in [2.05, 4.69) is 5.10 Å². The lowest BCUT2D eigenvalue weighted by Gasteiger charge is -2.26. The normalized spacial score (nSPS) is 22.8. The third kappa shape index (κ3) is 2.54. The van der Waals surface area contributed by atoms with Crippen molar-refractivity contribution in [3.05, 3.63) is 17.0 Å². The number of carboxylic acid groups (broad SMARTS) is 2. The molecule has 0 bridgehead atoms. The van der Waals surface area contributed by atoms with Crippen LogP contribution in [0.3, 0.4) is 0 Å². The molecule has 1 aromatic heterocycles. The second-order valence-electron chi connectivity index (χ2n) is 6.09. The van der Waals surface area contributed by atoms with E-state index < -0.39 is 17.9 Å². The minimum absolute atomic E-state index is 0.0570. The fourth-order valence-corrected chi connectivity index (χ4v) is 3.65. The van der Waals surface area contributed by atoms with Crippen molar-refractivity contribution in [2.75, 3.05) is 0 Å². The van der Waals surface area contributed by atoms with E-state index >= 15 is 0 Å². The van der Waals surface area contributed by atoms with Crippen LogP contribution in [0.1, 0.15) is 66.3 Å². The first-order valence-electron chi connectivity index (χ1n) is 7.64. The van der Waals surface area contributed by atoms with Gasteiger partial charge in [-0.2, -0.15) is 5.10 Å². The van der Waals surface area contributed by atoms with Crippen LogP contribution in [0.2, 0.25) is 0 Å². The maximum absolute atomic E-state index is 11.4. The van der Waals surface area contributed by atoms with Crippen molar-refractivity contribution in [1.82, 2.24) is 9.78 Å². The predicted molar refractivity (Wildman–Crippen MR) is 74.5 cm³/mol. The van der Waals surface area contributed by atoms with Gasteiger partial charge in [-0.25, -0.2) is 4.79 Å². The number of aromatic carboxylic acids is 1. The van der Waals surface area contributed by atoms with Gasteiger partial charge in [0.2, 0.25) is 0 Å². The van der Waals surface area contributed by atoms with Crippen molar-refractivity contribution < 1.29 is 19.8 Å². The molecule has 21 heavy (non-hydrogen) atoms. The van der Waals surface area contributed by atoms with Crippen molar-refractivity contribution in [3.8, 4) is 0 Å². The molecule has 1 saturated carbocycles. The molecular formula is C15H20N2O4. The van der Waals surface area contributed by atoms with E-state index in [-0.39, 0.29) is 11.7 Å². The molecule has 6 heteroatoms. The lowest BCUT2D eigenvalue weighted by atomic mass is 9.86. The number of hydrogen-bond donors (Lipinski definition) is 2. The Kier molecular flexibility index (Phi) is 3.69. The summed E-state index contributed by atoms with van der Waals surface area (Å²) in [4.78, 5) is 22.6. The van der Waals surface area contributed by atoms with Crippen molar-refractivity contribution in [2.24, 2.45) is 5.92 Å². The highest BCUT2D eigenvalue weighted by atomic mass is 16.4. The Morgan fingerprint density at radius 2 is 1.81 bits per heavy atom. The average Bonchev–Trinajstić information content (AvgIpc) is 2.87. The molecule has 1 unspecified atom stereocenters. The van der Waals surface area contributed by atoms with Gasteiger partial charge in [-0.15, -0.1) is 0 Å². The molecule has 0 amide bonds. The van der Waals surface area contributed by atoms with E-state index in [1.165, 1.54) is 6.42 Å². The van der Waals surface area contributed by atoms with Gasteiger partial charge in [0.1, 0.15) is 0 Å². The summed E-state index contributed by atoms with van der Waals surface area (Å²) in [5.41, 5.74) is 1.66. The van der Waals surface area contributed by atoms with Gasteiger partial charge in [0, 0.05) is 11.3 Å². The highest BCUT2D eigenvalue weighted by molar-refractivity contribution is 5.88. The number of carboxylic acids is 2. The molecule has 3 rings (SSSR count). The molecule has 1 aromatic rings. The lowest BCUT2D eigenvalue weighted by molar-refractivity contribution is -0.142. The van der Waals surface area contributed by atoms with Gasteiger partial charge in [0.15, 0.2) is 5.69 Å². The quantitative estimate of drug-likeness (QED) is 0.891. The molecule has 2 aliphatic rings. The second kappa shape index (κ2) is 5.50. The topological polar surface area (TPSA) is 92.4 Å². The monoisotopic (exact) mass is 292 g/mol. The molecule has 0 saturated heterocycles.